The molecule has 0 fully saturated rings. The molecule has 0 saturated heterocycles. The zero-order valence-corrected chi connectivity index (χ0v) is 10.9. The highest BCUT2D eigenvalue weighted by molar-refractivity contribution is 5.74. The number of hydrogen-bond donors (Lipinski definition) is 1. The molecule has 1 aromatic carbocycles. The Morgan fingerprint density at radius 2 is 2.11 bits per heavy atom. The van der Waals surface area contributed by atoms with Gasteiger partial charge < -0.3 is 9.84 Å². The summed E-state index contributed by atoms with van der Waals surface area (Å²) >= 11 is 0. The van der Waals surface area contributed by atoms with Gasteiger partial charge in [-0.25, -0.2) is 8.78 Å². The smallest absolute Gasteiger partial charge is 0.309 e. The van der Waals surface area contributed by atoms with E-state index in [0.29, 0.717) is 25.0 Å². The molecule has 1 aromatic rings. The Morgan fingerprint density at radius 1 is 1.42 bits per heavy atom. The van der Waals surface area contributed by atoms with E-state index in [1.807, 2.05) is 0 Å². The Hall–Kier alpha value is -1.65. The van der Waals surface area contributed by atoms with Gasteiger partial charge in [0.2, 0.25) is 0 Å². The summed E-state index contributed by atoms with van der Waals surface area (Å²) in [7, 11) is 0. The molecule has 0 aromatic heterocycles. The lowest BCUT2D eigenvalue weighted by atomic mass is 9.84. The van der Waals surface area contributed by atoms with E-state index in [2.05, 4.69) is 0 Å². The molecule has 0 atom stereocenters. The minimum Gasteiger partial charge on any atom is -0.493 e. The van der Waals surface area contributed by atoms with Crippen molar-refractivity contribution in [3.8, 4) is 5.75 Å². The Labute approximate surface area is 110 Å². The van der Waals surface area contributed by atoms with E-state index < -0.39 is 23.0 Å². The van der Waals surface area contributed by atoms with Crippen LogP contribution in [0.1, 0.15) is 31.4 Å². The van der Waals surface area contributed by atoms with Crippen LogP contribution in [-0.2, 0) is 17.6 Å². The number of aliphatic carboxylic acids is 1. The maximum absolute atomic E-state index is 13.9. The van der Waals surface area contributed by atoms with Crippen molar-refractivity contribution in [1.29, 1.82) is 0 Å². The van der Waals surface area contributed by atoms with E-state index in [4.69, 9.17) is 9.84 Å². The van der Waals surface area contributed by atoms with Crippen LogP contribution < -0.4 is 4.74 Å². The molecular weight excluding hydrogens is 254 g/mol. The van der Waals surface area contributed by atoms with Gasteiger partial charge in [0.25, 0.3) is 0 Å². The molecule has 0 aliphatic carbocycles. The van der Waals surface area contributed by atoms with Crippen molar-refractivity contribution >= 4 is 5.97 Å². The van der Waals surface area contributed by atoms with Crippen LogP contribution in [0.3, 0.4) is 0 Å². The minimum atomic E-state index is -1.13. The highest BCUT2D eigenvalue weighted by Gasteiger charge is 2.32. The number of hydrogen-bond acceptors (Lipinski definition) is 2. The van der Waals surface area contributed by atoms with Crippen LogP contribution in [0, 0.1) is 17.0 Å². The molecule has 104 valence electrons. The third-order valence-corrected chi connectivity index (χ3v) is 3.39. The fourth-order valence-electron chi connectivity index (χ4n) is 2.20. The Bertz CT molecular complexity index is 524. The topological polar surface area (TPSA) is 46.5 Å². The number of ether oxygens (including phenoxy) is 1. The highest BCUT2D eigenvalue weighted by atomic mass is 19.1. The van der Waals surface area contributed by atoms with Crippen LogP contribution in [0.25, 0.3) is 0 Å². The van der Waals surface area contributed by atoms with E-state index in [9.17, 15) is 13.6 Å². The summed E-state index contributed by atoms with van der Waals surface area (Å²) in [6, 6.07) is 0.820. The molecule has 1 N–H and O–H groups in total. The van der Waals surface area contributed by atoms with E-state index >= 15 is 0 Å². The van der Waals surface area contributed by atoms with Crippen molar-refractivity contribution < 1.29 is 23.4 Å². The van der Waals surface area contributed by atoms with Crippen molar-refractivity contribution in [2.75, 3.05) is 6.61 Å². The summed E-state index contributed by atoms with van der Waals surface area (Å²) in [5.41, 5.74) is -0.625. The van der Waals surface area contributed by atoms with Crippen LogP contribution >= 0.6 is 0 Å². The van der Waals surface area contributed by atoms with Gasteiger partial charge in [-0.1, -0.05) is 0 Å². The average molecular weight is 270 g/mol. The Balaban J connectivity index is 2.48. The second kappa shape index (κ2) is 4.79. The van der Waals surface area contributed by atoms with E-state index in [0.717, 1.165) is 6.07 Å². The highest BCUT2D eigenvalue weighted by Crippen LogP contribution is 2.37. The minimum absolute atomic E-state index is 0.0310. The van der Waals surface area contributed by atoms with Crippen molar-refractivity contribution in [2.24, 2.45) is 5.41 Å². The predicted octanol–water partition coefficient (Wildman–Crippen LogP) is 2.94. The summed E-state index contributed by atoms with van der Waals surface area (Å²) in [4.78, 5) is 11.1. The average Bonchev–Trinajstić information content (AvgIpc) is 2.34. The number of carboxylic acids is 1. The molecule has 5 heteroatoms. The summed E-state index contributed by atoms with van der Waals surface area (Å²) in [5, 5.41) is 9.11. The van der Waals surface area contributed by atoms with Crippen LogP contribution in [0.5, 0.6) is 5.75 Å². The molecule has 1 heterocycles. The third-order valence-electron chi connectivity index (χ3n) is 3.39. The normalized spacial score (nSPS) is 14.7. The monoisotopic (exact) mass is 270 g/mol. The first kappa shape index (κ1) is 13.8. The number of rotatable bonds is 3. The zero-order valence-electron chi connectivity index (χ0n) is 10.9. The van der Waals surface area contributed by atoms with Gasteiger partial charge >= 0.3 is 5.97 Å². The van der Waals surface area contributed by atoms with Crippen LogP contribution in [0.4, 0.5) is 8.78 Å². The molecule has 1 aliphatic heterocycles. The molecule has 0 bridgehead atoms. The zero-order chi connectivity index (χ0) is 14.2. The second-order valence-electron chi connectivity index (χ2n) is 5.44. The molecule has 0 amide bonds. The second-order valence-corrected chi connectivity index (χ2v) is 5.44. The fourth-order valence-corrected chi connectivity index (χ4v) is 2.20. The van der Waals surface area contributed by atoms with Gasteiger partial charge in [0, 0.05) is 17.2 Å². The van der Waals surface area contributed by atoms with E-state index in [1.165, 1.54) is 13.8 Å². The van der Waals surface area contributed by atoms with Crippen molar-refractivity contribution in [3.63, 3.8) is 0 Å². The van der Waals surface area contributed by atoms with Crippen molar-refractivity contribution in [3.05, 3.63) is 28.8 Å². The van der Waals surface area contributed by atoms with Crippen LogP contribution in [0.15, 0.2) is 6.07 Å². The summed E-state index contributed by atoms with van der Waals surface area (Å²) in [6.45, 7) is 3.41. The van der Waals surface area contributed by atoms with E-state index in [1.54, 1.807) is 0 Å². The third kappa shape index (κ3) is 2.55. The SMILES string of the molecule is CC(C)(Cc1c(F)cc(F)c2c1OCCC2)C(=O)O. The van der Waals surface area contributed by atoms with Crippen LogP contribution in [-0.4, -0.2) is 17.7 Å². The van der Waals surface area contributed by atoms with Gasteiger partial charge in [-0.3, -0.25) is 4.79 Å². The molecule has 19 heavy (non-hydrogen) atoms. The molecular formula is C14H16F2O3. The van der Waals surface area contributed by atoms with Crippen molar-refractivity contribution in [2.45, 2.75) is 33.1 Å². The number of benzene rings is 1. The summed E-state index contributed by atoms with van der Waals surface area (Å²) < 4.78 is 33.0. The van der Waals surface area contributed by atoms with Gasteiger partial charge in [-0.2, -0.15) is 0 Å². The Kier molecular flexibility index (Phi) is 3.47. The van der Waals surface area contributed by atoms with Gasteiger partial charge in [-0.05, 0) is 33.1 Å². The first-order valence-electron chi connectivity index (χ1n) is 6.19. The molecule has 2 rings (SSSR count). The maximum atomic E-state index is 13.9. The lowest BCUT2D eigenvalue weighted by molar-refractivity contribution is -0.146. The number of halogens is 2. The lowest BCUT2D eigenvalue weighted by Crippen LogP contribution is -2.27. The first-order chi connectivity index (χ1) is 8.83. The van der Waals surface area contributed by atoms with Gasteiger partial charge in [0.05, 0.1) is 12.0 Å². The predicted molar refractivity (Wildman–Crippen MR) is 65.3 cm³/mol. The number of carbonyl (C=O) groups is 1. The lowest BCUT2D eigenvalue weighted by Gasteiger charge is -2.25. The summed E-state index contributed by atoms with van der Waals surface area (Å²) in [5.74, 6) is -2.20. The molecule has 0 radical (unpaired) electrons. The number of carboxylic acid groups (broad SMARTS) is 1. The Morgan fingerprint density at radius 3 is 2.74 bits per heavy atom. The molecule has 3 nitrogen and oxygen atoms in total. The fraction of sp³-hybridized carbons (Fsp3) is 0.500. The van der Waals surface area contributed by atoms with E-state index in [-0.39, 0.29) is 17.7 Å². The largest absolute Gasteiger partial charge is 0.493 e. The first-order valence-corrected chi connectivity index (χ1v) is 6.19. The molecule has 0 saturated carbocycles. The molecule has 1 aliphatic rings. The van der Waals surface area contributed by atoms with Gasteiger partial charge in [0.15, 0.2) is 0 Å². The van der Waals surface area contributed by atoms with Crippen molar-refractivity contribution in [1.82, 2.24) is 0 Å². The van der Waals surface area contributed by atoms with Crippen LogP contribution in [0.2, 0.25) is 0 Å². The van der Waals surface area contributed by atoms with Gasteiger partial charge in [-0.15, -0.1) is 0 Å². The van der Waals surface area contributed by atoms with Gasteiger partial charge in [0.1, 0.15) is 17.4 Å². The maximum Gasteiger partial charge on any atom is 0.309 e. The standard InChI is InChI=1S/C14H16F2O3/c1-14(2,13(17)18)7-9-11(16)6-10(15)8-4-3-5-19-12(8)9/h6H,3-5,7H2,1-2H3,(H,17,18). The summed E-state index contributed by atoms with van der Waals surface area (Å²) in [6.07, 6.45) is 1.13. The molecule has 0 unspecified atom stereocenters. The quantitative estimate of drug-likeness (QED) is 0.918. The number of fused-ring (bicyclic) bond motifs is 1. The molecule has 0 spiro atoms.